The lowest BCUT2D eigenvalue weighted by atomic mass is 10.1. The molecule has 1 aromatic rings. The van der Waals surface area contributed by atoms with Crippen molar-refractivity contribution in [1.29, 1.82) is 0 Å². The van der Waals surface area contributed by atoms with Gasteiger partial charge in [-0.25, -0.2) is 4.39 Å². The van der Waals surface area contributed by atoms with Crippen LogP contribution in [-0.4, -0.2) is 11.9 Å². The molecule has 0 fully saturated rings. The summed E-state index contributed by atoms with van der Waals surface area (Å²) in [5.74, 6) is 1.32. The third kappa shape index (κ3) is 2.81. The van der Waals surface area contributed by atoms with Crippen molar-refractivity contribution in [1.82, 2.24) is 5.32 Å². The van der Waals surface area contributed by atoms with Crippen LogP contribution in [0.25, 0.3) is 0 Å². The molecule has 15 heavy (non-hydrogen) atoms. The molecule has 1 amide bonds. The lowest BCUT2D eigenvalue weighted by Crippen LogP contribution is -2.31. The lowest BCUT2D eigenvalue weighted by Gasteiger charge is -2.08. The number of carbonyl (C=O) groups excluding carboxylic acids is 1. The molecule has 3 heteroatoms. The highest BCUT2D eigenvalue weighted by molar-refractivity contribution is 5.94. The zero-order valence-electron chi connectivity index (χ0n) is 8.67. The van der Waals surface area contributed by atoms with Crippen molar-refractivity contribution in [2.45, 2.75) is 19.9 Å². The highest BCUT2D eigenvalue weighted by atomic mass is 19.1. The van der Waals surface area contributed by atoms with Gasteiger partial charge in [-0.05, 0) is 31.5 Å². The van der Waals surface area contributed by atoms with Crippen LogP contribution in [0.4, 0.5) is 4.39 Å². The molecule has 0 aliphatic rings. The molecule has 1 rings (SSSR count). The number of benzene rings is 1. The van der Waals surface area contributed by atoms with E-state index in [0.717, 1.165) is 5.56 Å². The normalized spacial score (nSPS) is 11.6. The zero-order valence-corrected chi connectivity index (χ0v) is 8.67. The fourth-order valence-electron chi connectivity index (χ4n) is 1.12. The second kappa shape index (κ2) is 4.61. The molecule has 0 radical (unpaired) electrons. The second-order valence-corrected chi connectivity index (χ2v) is 3.35. The van der Waals surface area contributed by atoms with E-state index in [9.17, 15) is 9.18 Å². The van der Waals surface area contributed by atoms with E-state index < -0.39 is 17.8 Å². The molecule has 1 aromatic carbocycles. The van der Waals surface area contributed by atoms with E-state index in [2.05, 4.69) is 11.2 Å². The Bertz CT molecular complexity index is 420. The Morgan fingerprint density at radius 3 is 2.80 bits per heavy atom. The molecule has 1 N–H and O–H groups in total. The molecule has 1 atom stereocenters. The molecule has 0 heterocycles. The Balaban J connectivity index is 2.88. The summed E-state index contributed by atoms with van der Waals surface area (Å²) >= 11 is 0. The highest BCUT2D eigenvalue weighted by Gasteiger charge is 2.12. The summed E-state index contributed by atoms with van der Waals surface area (Å²) in [5, 5.41) is 2.49. The maximum Gasteiger partial charge on any atom is 0.255 e. The van der Waals surface area contributed by atoms with Crippen molar-refractivity contribution < 1.29 is 9.18 Å². The molecule has 0 saturated carbocycles. The second-order valence-electron chi connectivity index (χ2n) is 3.35. The van der Waals surface area contributed by atoms with Crippen molar-refractivity contribution >= 4 is 5.91 Å². The standard InChI is InChI=1S/C12H12FNO/c1-4-9(3)14-12(15)10-6-5-8(2)7-11(10)13/h1,5-7,9H,2-3H3,(H,14,15). The predicted octanol–water partition coefficient (Wildman–Crippen LogP) is 1.89. The summed E-state index contributed by atoms with van der Waals surface area (Å²) in [6, 6.07) is 4.04. The highest BCUT2D eigenvalue weighted by Crippen LogP contribution is 2.09. The van der Waals surface area contributed by atoms with Gasteiger partial charge in [-0.3, -0.25) is 4.79 Å². The molecular formula is C12H12FNO. The number of terminal acetylenes is 1. The zero-order chi connectivity index (χ0) is 11.4. The van der Waals surface area contributed by atoms with Crippen LogP contribution in [0.1, 0.15) is 22.8 Å². The van der Waals surface area contributed by atoms with Gasteiger partial charge in [-0.2, -0.15) is 0 Å². The van der Waals surface area contributed by atoms with Crippen molar-refractivity contribution in [2.75, 3.05) is 0 Å². The fraction of sp³-hybridized carbons (Fsp3) is 0.250. The van der Waals surface area contributed by atoms with Crippen LogP contribution >= 0.6 is 0 Å². The van der Waals surface area contributed by atoms with Gasteiger partial charge in [0.15, 0.2) is 0 Å². The molecule has 0 aromatic heterocycles. The Morgan fingerprint density at radius 1 is 1.60 bits per heavy atom. The summed E-state index contributed by atoms with van der Waals surface area (Å²) < 4.78 is 13.3. The number of amides is 1. The van der Waals surface area contributed by atoms with Gasteiger partial charge in [0.1, 0.15) is 5.82 Å². The number of halogens is 1. The van der Waals surface area contributed by atoms with Gasteiger partial charge in [0, 0.05) is 0 Å². The molecule has 0 aliphatic heterocycles. The maximum atomic E-state index is 13.3. The first-order valence-corrected chi connectivity index (χ1v) is 4.57. The fourth-order valence-corrected chi connectivity index (χ4v) is 1.12. The van der Waals surface area contributed by atoms with E-state index in [0.29, 0.717) is 0 Å². The first-order chi connectivity index (χ1) is 7.04. The number of carbonyl (C=O) groups is 1. The SMILES string of the molecule is C#CC(C)NC(=O)c1ccc(C)cc1F. The summed E-state index contributed by atoms with van der Waals surface area (Å²) in [5.41, 5.74) is 0.789. The van der Waals surface area contributed by atoms with Crippen LogP contribution in [-0.2, 0) is 0 Å². The first-order valence-electron chi connectivity index (χ1n) is 4.57. The van der Waals surface area contributed by atoms with Gasteiger partial charge in [0.25, 0.3) is 5.91 Å². The third-order valence-electron chi connectivity index (χ3n) is 1.97. The minimum absolute atomic E-state index is 0.0164. The number of hydrogen-bond acceptors (Lipinski definition) is 1. The number of aryl methyl sites for hydroxylation is 1. The Kier molecular flexibility index (Phi) is 3.46. The summed E-state index contributed by atoms with van der Waals surface area (Å²) in [4.78, 5) is 11.5. The summed E-state index contributed by atoms with van der Waals surface area (Å²) in [6.45, 7) is 3.42. The van der Waals surface area contributed by atoms with Crippen molar-refractivity contribution in [3.63, 3.8) is 0 Å². The van der Waals surface area contributed by atoms with E-state index in [1.54, 1.807) is 19.9 Å². The van der Waals surface area contributed by atoms with Crippen molar-refractivity contribution in [3.05, 3.63) is 35.1 Å². The number of hydrogen-bond donors (Lipinski definition) is 1. The molecule has 0 bridgehead atoms. The van der Waals surface area contributed by atoms with E-state index in [1.165, 1.54) is 12.1 Å². The number of rotatable bonds is 2. The molecule has 0 aliphatic carbocycles. The van der Waals surface area contributed by atoms with Crippen LogP contribution in [0.3, 0.4) is 0 Å². The van der Waals surface area contributed by atoms with Crippen molar-refractivity contribution in [2.24, 2.45) is 0 Å². The predicted molar refractivity (Wildman–Crippen MR) is 56.9 cm³/mol. The first kappa shape index (κ1) is 11.3. The van der Waals surface area contributed by atoms with Gasteiger partial charge < -0.3 is 5.32 Å². The van der Waals surface area contributed by atoms with E-state index in [4.69, 9.17) is 6.42 Å². The molecule has 78 valence electrons. The van der Waals surface area contributed by atoms with Crippen LogP contribution in [0.15, 0.2) is 18.2 Å². The van der Waals surface area contributed by atoms with Crippen LogP contribution in [0.2, 0.25) is 0 Å². The summed E-state index contributed by atoms with van der Waals surface area (Å²) in [7, 11) is 0. The smallest absolute Gasteiger partial charge is 0.255 e. The van der Waals surface area contributed by atoms with Gasteiger partial charge in [0.2, 0.25) is 0 Å². The van der Waals surface area contributed by atoms with Crippen LogP contribution in [0.5, 0.6) is 0 Å². The van der Waals surface area contributed by atoms with Crippen LogP contribution < -0.4 is 5.32 Å². The molecule has 2 nitrogen and oxygen atoms in total. The summed E-state index contributed by atoms with van der Waals surface area (Å²) in [6.07, 6.45) is 5.10. The lowest BCUT2D eigenvalue weighted by molar-refractivity contribution is 0.0944. The Hall–Kier alpha value is -1.82. The largest absolute Gasteiger partial charge is 0.339 e. The Morgan fingerprint density at radius 2 is 2.27 bits per heavy atom. The quantitative estimate of drug-likeness (QED) is 0.734. The monoisotopic (exact) mass is 205 g/mol. The average Bonchev–Trinajstić information content (AvgIpc) is 2.17. The van der Waals surface area contributed by atoms with Gasteiger partial charge in [-0.15, -0.1) is 6.42 Å². The van der Waals surface area contributed by atoms with Gasteiger partial charge in [0.05, 0.1) is 11.6 Å². The maximum absolute atomic E-state index is 13.3. The van der Waals surface area contributed by atoms with Crippen LogP contribution in [0, 0.1) is 25.1 Å². The van der Waals surface area contributed by atoms with E-state index >= 15 is 0 Å². The van der Waals surface area contributed by atoms with E-state index in [1.807, 2.05) is 0 Å². The molecule has 0 saturated heterocycles. The van der Waals surface area contributed by atoms with E-state index in [-0.39, 0.29) is 5.56 Å². The molecule has 1 unspecified atom stereocenters. The minimum Gasteiger partial charge on any atom is -0.339 e. The molecular weight excluding hydrogens is 193 g/mol. The Labute approximate surface area is 88.5 Å². The molecule has 0 spiro atoms. The van der Waals surface area contributed by atoms with Gasteiger partial charge >= 0.3 is 0 Å². The van der Waals surface area contributed by atoms with Gasteiger partial charge in [-0.1, -0.05) is 12.0 Å². The number of nitrogens with one attached hydrogen (secondary N) is 1. The third-order valence-corrected chi connectivity index (χ3v) is 1.97. The topological polar surface area (TPSA) is 29.1 Å². The average molecular weight is 205 g/mol. The van der Waals surface area contributed by atoms with Crippen molar-refractivity contribution in [3.8, 4) is 12.3 Å². The minimum atomic E-state index is -0.531.